The normalized spacial score (nSPS) is 14.9. The smallest absolute Gasteiger partial charge is 0.395 e. The Labute approximate surface area is 122 Å². The van der Waals surface area contributed by atoms with Gasteiger partial charge >= 0.3 is 6.29 Å². The lowest BCUT2D eigenvalue weighted by Crippen LogP contribution is -2.26. The van der Waals surface area contributed by atoms with Crippen LogP contribution in [0.4, 0.5) is 23.2 Å². The van der Waals surface area contributed by atoms with Gasteiger partial charge in [-0.1, -0.05) is 12.1 Å². The van der Waals surface area contributed by atoms with Crippen molar-refractivity contribution in [2.45, 2.75) is 12.7 Å². The number of ether oxygens (including phenoxy) is 2. The zero-order chi connectivity index (χ0) is 15.7. The van der Waals surface area contributed by atoms with Gasteiger partial charge in [0.05, 0.1) is 12.4 Å². The van der Waals surface area contributed by atoms with Gasteiger partial charge in [0.1, 0.15) is 5.69 Å². The molecular weight excluding hydrogens is 304 g/mol. The fourth-order valence-corrected chi connectivity index (χ4v) is 2.12. The number of hydrogen-bond acceptors (Lipinski definition) is 4. The molecule has 1 aliphatic rings. The second kappa shape index (κ2) is 5.36. The van der Waals surface area contributed by atoms with Crippen molar-refractivity contribution in [3.8, 4) is 11.5 Å². The Morgan fingerprint density at radius 2 is 1.82 bits per heavy atom. The van der Waals surface area contributed by atoms with Gasteiger partial charge < -0.3 is 14.8 Å². The molecule has 1 aromatic carbocycles. The minimum absolute atomic E-state index is 0.0648. The van der Waals surface area contributed by atoms with Gasteiger partial charge in [0.25, 0.3) is 0 Å². The topological polar surface area (TPSA) is 43.4 Å². The Bertz CT molecular complexity index is 689. The summed E-state index contributed by atoms with van der Waals surface area (Å²) < 4.78 is 61.6. The van der Waals surface area contributed by atoms with Crippen LogP contribution in [-0.4, -0.2) is 17.8 Å². The minimum atomic E-state index is -3.70. The molecule has 1 aliphatic heterocycles. The molecule has 1 aromatic heterocycles. The molecule has 0 saturated carbocycles. The molecule has 8 heteroatoms. The first kappa shape index (κ1) is 14.4. The lowest BCUT2D eigenvalue weighted by atomic mass is 10.1. The van der Waals surface area contributed by atoms with Gasteiger partial charge in [0.2, 0.25) is 0 Å². The summed E-state index contributed by atoms with van der Waals surface area (Å²) in [6.45, 7) is 0.114. The van der Waals surface area contributed by atoms with Crippen molar-refractivity contribution in [1.82, 2.24) is 4.98 Å². The van der Waals surface area contributed by atoms with Gasteiger partial charge in [0, 0.05) is 12.1 Å². The third-order valence-electron chi connectivity index (χ3n) is 3.06. The summed E-state index contributed by atoms with van der Waals surface area (Å²) in [5.41, 5.74) is 0.127. The number of anilines is 1. The average molecular weight is 314 g/mol. The molecule has 0 amide bonds. The van der Waals surface area contributed by atoms with Crippen molar-refractivity contribution < 1.29 is 27.0 Å². The summed E-state index contributed by atoms with van der Waals surface area (Å²) >= 11 is 0. The van der Waals surface area contributed by atoms with Crippen LogP contribution in [0.2, 0.25) is 0 Å². The summed E-state index contributed by atoms with van der Waals surface area (Å²) in [7, 11) is 0. The number of alkyl halides is 2. The highest BCUT2D eigenvalue weighted by Crippen LogP contribution is 2.43. The molecule has 0 radical (unpaired) electrons. The van der Waals surface area contributed by atoms with Crippen LogP contribution in [0.3, 0.4) is 0 Å². The van der Waals surface area contributed by atoms with Crippen molar-refractivity contribution in [2.24, 2.45) is 0 Å². The van der Waals surface area contributed by atoms with E-state index in [1.807, 2.05) is 0 Å². The van der Waals surface area contributed by atoms with E-state index in [1.54, 1.807) is 6.07 Å². The van der Waals surface area contributed by atoms with Gasteiger partial charge in [-0.25, -0.2) is 8.78 Å². The zero-order valence-electron chi connectivity index (χ0n) is 11.1. The van der Waals surface area contributed by atoms with E-state index in [2.05, 4.69) is 19.8 Å². The number of fused-ring (bicyclic) bond motifs is 1. The van der Waals surface area contributed by atoms with Gasteiger partial charge in [-0.05, 0) is 12.5 Å². The first-order valence-corrected chi connectivity index (χ1v) is 6.37. The summed E-state index contributed by atoms with van der Waals surface area (Å²) in [5.74, 6) is -1.79. The molecule has 22 heavy (non-hydrogen) atoms. The van der Waals surface area contributed by atoms with E-state index in [4.69, 9.17) is 0 Å². The second-order valence-corrected chi connectivity index (χ2v) is 4.57. The number of nitrogens with one attached hydrogen (secondary N) is 1. The number of aromatic nitrogens is 1. The molecule has 0 unspecified atom stereocenters. The summed E-state index contributed by atoms with van der Waals surface area (Å²) in [4.78, 5) is 3.36. The summed E-state index contributed by atoms with van der Waals surface area (Å²) in [6.07, 6.45) is -1.73. The highest BCUT2D eigenvalue weighted by molar-refractivity contribution is 5.50. The number of para-hydroxylation sites is 1. The van der Waals surface area contributed by atoms with E-state index < -0.39 is 17.9 Å². The first-order chi connectivity index (χ1) is 10.5. The Hall–Kier alpha value is -2.51. The standard InChI is InChI=1S/C14H10F4N2O2/c15-9-6-19-7-10(16)12(9)20-5-4-8-2-1-3-11-13(8)22-14(17,18)21-11/h1-3,6-7H,4-5H2,(H,19,20). The lowest BCUT2D eigenvalue weighted by Gasteiger charge is -2.10. The molecule has 0 fully saturated rings. The molecule has 0 aliphatic carbocycles. The number of hydrogen-bond donors (Lipinski definition) is 1. The van der Waals surface area contributed by atoms with Gasteiger partial charge in [0.15, 0.2) is 23.1 Å². The van der Waals surface area contributed by atoms with Crippen LogP contribution in [0.15, 0.2) is 30.6 Å². The predicted molar refractivity (Wildman–Crippen MR) is 69.0 cm³/mol. The number of benzene rings is 1. The summed E-state index contributed by atoms with van der Waals surface area (Å²) in [6, 6.07) is 4.46. The maximum absolute atomic E-state index is 13.4. The van der Waals surface area contributed by atoms with Crippen LogP contribution in [0.5, 0.6) is 11.5 Å². The van der Waals surface area contributed by atoms with Crippen LogP contribution in [-0.2, 0) is 6.42 Å². The average Bonchev–Trinajstić information content (AvgIpc) is 2.77. The van der Waals surface area contributed by atoms with Gasteiger partial charge in [-0.15, -0.1) is 8.78 Å². The minimum Gasteiger partial charge on any atom is -0.395 e. The van der Waals surface area contributed by atoms with Crippen LogP contribution in [0.1, 0.15) is 5.56 Å². The zero-order valence-corrected chi connectivity index (χ0v) is 11.1. The molecule has 2 heterocycles. The fraction of sp³-hybridized carbons (Fsp3) is 0.214. The quantitative estimate of drug-likeness (QED) is 0.879. The van der Waals surface area contributed by atoms with Crippen molar-refractivity contribution in [2.75, 3.05) is 11.9 Å². The Kier molecular flexibility index (Phi) is 3.51. The highest BCUT2D eigenvalue weighted by Gasteiger charge is 2.44. The maximum Gasteiger partial charge on any atom is 0.586 e. The van der Waals surface area contributed by atoms with Crippen molar-refractivity contribution in [3.05, 3.63) is 47.8 Å². The second-order valence-electron chi connectivity index (χ2n) is 4.57. The van der Waals surface area contributed by atoms with E-state index in [0.717, 1.165) is 12.4 Å². The molecule has 116 valence electrons. The number of halogens is 4. The molecule has 0 bridgehead atoms. The molecule has 0 atom stereocenters. The molecule has 1 N–H and O–H groups in total. The number of nitrogens with zero attached hydrogens (tertiary/aromatic N) is 1. The molecular formula is C14H10F4N2O2. The van der Waals surface area contributed by atoms with Crippen LogP contribution in [0, 0.1) is 11.6 Å². The maximum atomic E-state index is 13.4. The van der Waals surface area contributed by atoms with E-state index >= 15 is 0 Å². The third kappa shape index (κ3) is 2.76. The molecule has 4 nitrogen and oxygen atoms in total. The highest BCUT2D eigenvalue weighted by atomic mass is 19.3. The van der Waals surface area contributed by atoms with Crippen LogP contribution >= 0.6 is 0 Å². The van der Waals surface area contributed by atoms with Crippen molar-refractivity contribution >= 4 is 5.69 Å². The lowest BCUT2D eigenvalue weighted by molar-refractivity contribution is -0.286. The van der Waals surface area contributed by atoms with E-state index in [9.17, 15) is 17.6 Å². The third-order valence-corrected chi connectivity index (χ3v) is 3.06. The van der Waals surface area contributed by atoms with E-state index in [-0.39, 0.29) is 30.2 Å². The van der Waals surface area contributed by atoms with Gasteiger partial charge in [-0.3, -0.25) is 4.98 Å². The van der Waals surface area contributed by atoms with Crippen LogP contribution < -0.4 is 14.8 Å². The molecule has 3 rings (SSSR count). The van der Waals surface area contributed by atoms with Crippen molar-refractivity contribution in [3.63, 3.8) is 0 Å². The number of pyridine rings is 1. The Morgan fingerprint density at radius 1 is 1.09 bits per heavy atom. The SMILES string of the molecule is Fc1cncc(F)c1NCCc1cccc2c1OC(F)(F)O2. The van der Waals surface area contributed by atoms with E-state index in [0.29, 0.717) is 5.56 Å². The predicted octanol–water partition coefficient (Wildman–Crippen LogP) is 3.34. The largest absolute Gasteiger partial charge is 0.586 e. The van der Waals surface area contributed by atoms with Gasteiger partial charge in [-0.2, -0.15) is 0 Å². The molecule has 0 spiro atoms. The van der Waals surface area contributed by atoms with Crippen LogP contribution in [0.25, 0.3) is 0 Å². The van der Waals surface area contributed by atoms with E-state index in [1.165, 1.54) is 12.1 Å². The van der Waals surface area contributed by atoms with Crippen molar-refractivity contribution in [1.29, 1.82) is 0 Å². The first-order valence-electron chi connectivity index (χ1n) is 6.37. The number of rotatable bonds is 4. The summed E-state index contributed by atoms with van der Waals surface area (Å²) in [5, 5.41) is 2.57. The Balaban J connectivity index is 1.70. The fourth-order valence-electron chi connectivity index (χ4n) is 2.12. The molecule has 0 saturated heterocycles. The Morgan fingerprint density at radius 3 is 2.55 bits per heavy atom. The molecule has 2 aromatic rings. The monoisotopic (exact) mass is 314 g/mol.